The van der Waals surface area contributed by atoms with Crippen LogP contribution in [0.5, 0.6) is 5.75 Å². The van der Waals surface area contributed by atoms with Gasteiger partial charge in [-0.25, -0.2) is 0 Å². The lowest BCUT2D eigenvalue weighted by atomic mass is 10.1. The van der Waals surface area contributed by atoms with Crippen LogP contribution in [0.2, 0.25) is 0 Å². The lowest BCUT2D eigenvalue weighted by molar-refractivity contribution is -0.112. The molecule has 0 unspecified atom stereocenters. The molecule has 1 aromatic heterocycles. The molecule has 1 heterocycles. The zero-order valence-corrected chi connectivity index (χ0v) is 13.8. The summed E-state index contributed by atoms with van der Waals surface area (Å²) in [6, 6.07) is 7.06. The molecule has 0 radical (unpaired) electrons. The SMILES string of the molecule is CCCOc1ccccc1NC(=O)C(=O)c1c(C)nn(C)c1C. The fraction of sp³-hybridized carbons (Fsp3) is 0.353. The normalized spacial score (nSPS) is 10.4. The summed E-state index contributed by atoms with van der Waals surface area (Å²) in [6.07, 6.45) is 0.856. The molecular weight excluding hydrogens is 294 g/mol. The number of anilines is 1. The summed E-state index contributed by atoms with van der Waals surface area (Å²) in [5.74, 6) is -0.745. The molecule has 0 aliphatic rings. The van der Waals surface area contributed by atoms with E-state index >= 15 is 0 Å². The first kappa shape index (κ1) is 16.7. The van der Waals surface area contributed by atoms with Gasteiger partial charge in [0, 0.05) is 12.7 Å². The number of benzene rings is 1. The molecule has 0 saturated heterocycles. The highest BCUT2D eigenvalue weighted by Crippen LogP contribution is 2.24. The van der Waals surface area contributed by atoms with Gasteiger partial charge in [0.2, 0.25) is 0 Å². The molecule has 122 valence electrons. The first-order valence-corrected chi connectivity index (χ1v) is 7.53. The number of aryl methyl sites for hydroxylation is 2. The molecular formula is C17H21N3O3. The van der Waals surface area contributed by atoms with E-state index in [1.165, 1.54) is 0 Å². The number of carbonyl (C=O) groups excluding carboxylic acids is 2. The maximum absolute atomic E-state index is 12.4. The fourth-order valence-corrected chi connectivity index (χ4v) is 2.30. The molecule has 6 nitrogen and oxygen atoms in total. The minimum atomic E-state index is -0.697. The molecule has 0 aliphatic heterocycles. The second-order valence-corrected chi connectivity index (χ2v) is 5.30. The summed E-state index contributed by atoms with van der Waals surface area (Å²) in [6.45, 7) is 6.02. The standard InChI is InChI=1S/C17H21N3O3/c1-5-10-23-14-9-7-6-8-13(14)18-17(22)16(21)15-11(2)19-20(4)12(15)3/h6-9H,5,10H2,1-4H3,(H,18,22). The van der Waals surface area contributed by atoms with Crippen molar-refractivity contribution in [2.75, 3.05) is 11.9 Å². The topological polar surface area (TPSA) is 73.2 Å². The van der Waals surface area contributed by atoms with Gasteiger partial charge in [0.1, 0.15) is 5.75 Å². The van der Waals surface area contributed by atoms with Crippen molar-refractivity contribution in [3.05, 3.63) is 41.2 Å². The predicted molar refractivity (Wildman–Crippen MR) is 87.9 cm³/mol. The minimum Gasteiger partial charge on any atom is -0.491 e. The van der Waals surface area contributed by atoms with Crippen LogP contribution in [0, 0.1) is 13.8 Å². The second kappa shape index (κ2) is 7.09. The Morgan fingerprint density at radius 3 is 2.57 bits per heavy atom. The lowest BCUT2D eigenvalue weighted by Gasteiger charge is -2.11. The van der Waals surface area contributed by atoms with Gasteiger partial charge in [-0.15, -0.1) is 0 Å². The Kier molecular flexibility index (Phi) is 5.16. The summed E-state index contributed by atoms with van der Waals surface area (Å²) < 4.78 is 7.17. The summed E-state index contributed by atoms with van der Waals surface area (Å²) >= 11 is 0. The van der Waals surface area contributed by atoms with Crippen molar-refractivity contribution in [1.29, 1.82) is 0 Å². The molecule has 0 atom stereocenters. The van der Waals surface area contributed by atoms with Crippen molar-refractivity contribution in [2.45, 2.75) is 27.2 Å². The Morgan fingerprint density at radius 2 is 1.96 bits per heavy atom. The predicted octanol–water partition coefficient (Wildman–Crippen LogP) is 2.65. The van der Waals surface area contributed by atoms with Gasteiger partial charge in [-0.3, -0.25) is 14.3 Å². The molecule has 1 amide bonds. The number of carbonyl (C=O) groups is 2. The Morgan fingerprint density at radius 1 is 1.26 bits per heavy atom. The third-order valence-corrected chi connectivity index (χ3v) is 3.54. The molecule has 1 aromatic carbocycles. The van der Waals surface area contributed by atoms with E-state index in [2.05, 4.69) is 10.4 Å². The highest BCUT2D eigenvalue weighted by Gasteiger charge is 2.24. The number of Topliss-reactive ketones (excluding diaryl/α,β-unsaturated/α-hetero) is 1. The summed E-state index contributed by atoms with van der Waals surface area (Å²) in [5, 5.41) is 6.80. The number of hydrogen-bond donors (Lipinski definition) is 1. The van der Waals surface area contributed by atoms with E-state index in [1.807, 2.05) is 13.0 Å². The van der Waals surface area contributed by atoms with E-state index in [1.54, 1.807) is 43.8 Å². The zero-order valence-electron chi connectivity index (χ0n) is 13.8. The Hall–Kier alpha value is -2.63. The first-order chi connectivity index (χ1) is 11.0. The molecule has 0 bridgehead atoms. The maximum atomic E-state index is 12.4. The molecule has 0 fully saturated rings. The maximum Gasteiger partial charge on any atom is 0.297 e. The van der Waals surface area contributed by atoms with Gasteiger partial charge < -0.3 is 10.1 Å². The summed E-state index contributed by atoms with van der Waals surface area (Å²) in [4.78, 5) is 24.7. The number of aromatic nitrogens is 2. The van der Waals surface area contributed by atoms with E-state index in [-0.39, 0.29) is 0 Å². The van der Waals surface area contributed by atoms with Gasteiger partial charge in [-0.1, -0.05) is 19.1 Å². The molecule has 6 heteroatoms. The fourth-order valence-electron chi connectivity index (χ4n) is 2.30. The van der Waals surface area contributed by atoms with Gasteiger partial charge in [-0.2, -0.15) is 5.10 Å². The largest absolute Gasteiger partial charge is 0.491 e. The third-order valence-electron chi connectivity index (χ3n) is 3.54. The van der Waals surface area contributed by atoms with E-state index in [0.717, 1.165) is 6.42 Å². The van der Waals surface area contributed by atoms with Crippen LogP contribution in [0.3, 0.4) is 0 Å². The number of hydrogen-bond acceptors (Lipinski definition) is 4. The zero-order chi connectivity index (χ0) is 17.0. The van der Waals surface area contributed by atoms with Crippen LogP contribution in [0.1, 0.15) is 35.1 Å². The van der Waals surface area contributed by atoms with Crippen LogP contribution in [0.4, 0.5) is 5.69 Å². The number of para-hydroxylation sites is 2. The van der Waals surface area contributed by atoms with Crippen LogP contribution in [0.15, 0.2) is 24.3 Å². The number of ketones is 1. The van der Waals surface area contributed by atoms with E-state index in [4.69, 9.17) is 4.74 Å². The van der Waals surface area contributed by atoms with Crippen molar-refractivity contribution in [2.24, 2.45) is 7.05 Å². The summed E-state index contributed by atoms with van der Waals surface area (Å²) in [5.41, 5.74) is 2.04. The van der Waals surface area contributed by atoms with Gasteiger partial charge in [-0.05, 0) is 32.4 Å². The number of rotatable bonds is 6. The third kappa shape index (κ3) is 3.59. The highest BCUT2D eigenvalue weighted by atomic mass is 16.5. The average molecular weight is 315 g/mol. The number of ether oxygens (including phenoxy) is 1. The van der Waals surface area contributed by atoms with E-state index in [9.17, 15) is 9.59 Å². The minimum absolute atomic E-state index is 0.344. The second-order valence-electron chi connectivity index (χ2n) is 5.30. The lowest BCUT2D eigenvalue weighted by Crippen LogP contribution is -2.24. The quantitative estimate of drug-likeness (QED) is 0.657. The highest BCUT2D eigenvalue weighted by molar-refractivity contribution is 6.47. The monoisotopic (exact) mass is 315 g/mol. The van der Waals surface area contributed by atoms with E-state index in [0.29, 0.717) is 35.0 Å². The van der Waals surface area contributed by atoms with Crippen molar-refractivity contribution >= 4 is 17.4 Å². The van der Waals surface area contributed by atoms with Crippen LogP contribution >= 0.6 is 0 Å². The molecule has 0 saturated carbocycles. The Labute approximate surface area is 135 Å². The van der Waals surface area contributed by atoms with Crippen LogP contribution in [0.25, 0.3) is 0 Å². The molecule has 23 heavy (non-hydrogen) atoms. The Bertz CT molecular complexity index is 735. The van der Waals surface area contributed by atoms with E-state index < -0.39 is 11.7 Å². The number of nitrogens with zero attached hydrogens (tertiary/aromatic N) is 2. The van der Waals surface area contributed by atoms with Crippen LogP contribution in [-0.4, -0.2) is 28.1 Å². The first-order valence-electron chi connectivity index (χ1n) is 7.53. The van der Waals surface area contributed by atoms with Crippen LogP contribution < -0.4 is 10.1 Å². The smallest absolute Gasteiger partial charge is 0.297 e. The molecule has 0 aliphatic carbocycles. The van der Waals surface area contributed by atoms with Gasteiger partial charge >= 0.3 is 0 Å². The van der Waals surface area contributed by atoms with Crippen molar-refractivity contribution < 1.29 is 14.3 Å². The molecule has 2 aromatic rings. The van der Waals surface area contributed by atoms with Crippen LogP contribution in [-0.2, 0) is 11.8 Å². The molecule has 2 rings (SSSR count). The van der Waals surface area contributed by atoms with Gasteiger partial charge in [0.15, 0.2) is 0 Å². The average Bonchev–Trinajstić information content (AvgIpc) is 2.78. The molecule has 0 spiro atoms. The van der Waals surface area contributed by atoms with Crippen molar-refractivity contribution in [3.8, 4) is 5.75 Å². The number of nitrogens with one attached hydrogen (secondary N) is 1. The number of amides is 1. The Balaban J connectivity index is 2.21. The van der Waals surface area contributed by atoms with Gasteiger partial charge in [0.05, 0.1) is 23.6 Å². The molecule has 1 N–H and O–H groups in total. The van der Waals surface area contributed by atoms with Crippen molar-refractivity contribution in [1.82, 2.24) is 9.78 Å². The van der Waals surface area contributed by atoms with Crippen molar-refractivity contribution in [3.63, 3.8) is 0 Å². The van der Waals surface area contributed by atoms with Gasteiger partial charge in [0.25, 0.3) is 11.7 Å². The summed E-state index contributed by atoms with van der Waals surface area (Å²) in [7, 11) is 1.74.